The number of aromatic nitrogens is 2. The number of esters is 1. The van der Waals surface area contributed by atoms with Crippen LogP contribution in [0.25, 0.3) is 11.0 Å². The standard InChI is InChI=1S/C20H25Cl3N2O5/c1-3-4-5-6-7-28-10-16-18(29-11(2)26)17(27)19(30-16)25-15-9-13(22)12(21)8-14(15)24-20(25)23/h8-9,16-19,27H,3-7,10H2,1-2H3/t16-,17-,18-,19?/m1/s1/i6D/t6?,16-,17-,18-,19?. The van der Waals surface area contributed by atoms with Gasteiger partial charge in [-0.25, -0.2) is 4.98 Å². The first-order chi connectivity index (χ1) is 14.7. The molecule has 1 aromatic carbocycles. The number of nitrogens with zero attached hydrogens (tertiary/aromatic N) is 2. The van der Waals surface area contributed by atoms with Crippen LogP contribution in [0.5, 0.6) is 0 Å². The third-order valence-electron chi connectivity index (χ3n) is 4.83. The van der Waals surface area contributed by atoms with E-state index in [9.17, 15) is 9.90 Å². The second kappa shape index (κ2) is 10.5. The Bertz CT molecular complexity index is 928. The van der Waals surface area contributed by atoms with E-state index in [-0.39, 0.29) is 24.9 Å². The van der Waals surface area contributed by atoms with Crippen LogP contribution in [0, 0.1) is 0 Å². The number of carbonyl (C=O) groups is 1. The number of imidazole rings is 1. The van der Waals surface area contributed by atoms with E-state index in [2.05, 4.69) is 11.9 Å². The third kappa shape index (κ3) is 5.21. The van der Waals surface area contributed by atoms with Crippen LogP contribution < -0.4 is 0 Å². The summed E-state index contributed by atoms with van der Waals surface area (Å²) in [6.45, 7) is 3.58. The Morgan fingerprint density at radius 3 is 2.77 bits per heavy atom. The molecule has 1 N–H and O–H groups in total. The Morgan fingerprint density at radius 2 is 2.07 bits per heavy atom. The zero-order chi connectivity index (χ0) is 22.7. The highest BCUT2D eigenvalue weighted by Crippen LogP contribution is 2.38. The van der Waals surface area contributed by atoms with Crippen LogP contribution in [0.1, 0.15) is 47.1 Å². The molecule has 166 valence electrons. The smallest absolute Gasteiger partial charge is 0.303 e. The van der Waals surface area contributed by atoms with Gasteiger partial charge in [0.25, 0.3) is 0 Å². The first kappa shape index (κ1) is 22.1. The zero-order valence-corrected chi connectivity index (χ0v) is 19.0. The molecule has 1 aliphatic rings. The highest BCUT2D eigenvalue weighted by atomic mass is 35.5. The first-order valence-electron chi connectivity index (χ1n) is 10.3. The third-order valence-corrected chi connectivity index (χ3v) is 5.82. The number of carbonyl (C=O) groups excluding carboxylic acids is 1. The van der Waals surface area contributed by atoms with E-state index < -0.39 is 30.5 Å². The Balaban J connectivity index is 1.81. The van der Waals surface area contributed by atoms with Crippen molar-refractivity contribution in [3.63, 3.8) is 0 Å². The molecule has 0 bridgehead atoms. The summed E-state index contributed by atoms with van der Waals surface area (Å²) in [5.74, 6) is -0.559. The van der Waals surface area contributed by atoms with Crippen molar-refractivity contribution in [1.82, 2.24) is 9.55 Å². The number of halogens is 3. The van der Waals surface area contributed by atoms with Crippen LogP contribution in [-0.2, 0) is 19.0 Å². The van der Waals surface area contributed by atoms with E-state index >= 15 is 0 Å². The molecule has 1 fully saturated rings. The van der Waals surface area contributed by atoms with Crippen molar-refractivity contribution in [1.29, 1.82) is 0 Å². The SMILES string of the molecule is [2H]C(CCCC)COC[C@H]1OC(n2c(Cl)nc3cc(Cl)c(Cl)cc32)[C@H](O)[C@@H]1OC(C)=O. The summed E-state index contributed by atoms with van der Waals surface area (Å²) in [4.78, 5) is 15.9. The lowest BCUT2D eigenvalue weighted by atomic mass is 10.1. The Kier molecular flexibility index (Phi) is 7.73. The van der Waals surface area contributed by atoms with Crippen molar-refractivity contribution < 1.29 is 25.5 Å². The summed E-state index contributed by atoms with van der Waals surface area (Å²) in [5.41, 5.74) is 0.990. The van der Waals surface area contributed by atoms with E-state index in [4.69, 9.17) is 50.4 Å². The number of unbranched alkanes of at least 4 members (excludes halogenated alkanes) is 1. The number of aliphatic hydroxyl groups is 1. The van der Waals surface area contributed by atoms with Gasteiger partial charge in [0, 0.05) is 14.9 Å². The Labute approximate surface area is 191 Å². The lowest BCUT2D eigenvalue weighted by Crippen LogP contribution is -2.38. The molecule has 10 heteroatoms. The van der Waals surface area contributed by atoms with Crippen LogP contribution in [0.4, 0.5) is 0 Å². The summed E-state index contributed by atoms with van der Waals surface area (Å²) >= 11 is 18.5. The summed E-state index contributed by atoms with van der Waals surface area (Å²) in [6, 6.07) is 3.15. The largest absolute Gasteiger partial charge is 0.457 e. The van der Waals surface area contributed by atoms with Crippen LogP contribution >= 0.6 is 34.8 Å². The molecule has 0 amide bonds. The number of hydrogen-bond donors (Lipinski definition) is 1. The number of aliphatic hydroxyl groups excluding tert-OH is 1. The van der Waals surface area contributed by atoms with Gasteiger partial charge >= 0.3 is 5.97 Å². The van der Waals surface area contributed by atoms with Crippen LogP contribution in [0.2, 0.25) is 15.3 Å². The van der Waals surface area contributed by atoms with E-state index in [0.717, 1.165) is 19.3 Å². The maximum absolute atomic E-state index is 11.6. The van der Waals surface area contributed by atoms with Gasteiger partial charge in [-0.05, 0) is 30.1 Å². The number of rotatable bonds is 9. The molecule has 2 heterocycles. The van der Waals surface area contributed by atoms with Gasteiger partial charge in [-0.3, -0.25) is 9.36 Å². The number of benzene rings is 1. The van der Waals surface area contributed by atoms with E-state index in [0.29, 0.717) is 21.1 Å². The van der Waals surface area contributed by atoms with Crippen molar-refractivity contribution in [3.8, 4) is 0 Å². The van der Waals surface area contributed by atoms with E-state index in [1.807, 2.05) is 0 Å². The summed E-state index contributed by atoms with van der Waals surface area (Å²) in [6.07, 6.45) is -1.59. The van der Waals surface area contributed by atoms with Gasteiger partial charge in [-0.1, -0.05) is 49.4 Å². The molecule has 0 aliphatic carbocycles. The average molecular weight is 481 g/mol. The van der Waals surface area contributed by atoms with Crippen molar-refractivity contribution in [2.75, 3.05) is 13.2 Å². The predicted molar refractivity (Wildman–Crippen MR) is 115 cm³/mol. The predicted octanol–water partition coefficient (Wildman–Crippen LogP) is 4.78. The Hall–Kier alpha value is -1.09. The molecule has 2 aromatic rings. The highest BCUT2D eigenvalue weighted by Gasteiger charge is 2.48. The van der Waals surface area contributed by atoms with Crippen molar-refractivity contribution in [3.05, 3.63) is 27.5 Å². The lowest BCUT2D eigenvalue weighted by molar-refractivity contribution is -0.154. The van der Waals surface area contributed by atoms with Gasteiger partial charge in [0.05, 0.1) is 27.7 Å². The van der Waals surface area contributed by atoms with Crippen molar-refractivity contribution >= 4 is 51.8 Å². The molecule has 7 nitrogen and oxygen atoms in total. The fourth-order valence-electron chi connectivity index (χ4n) is 3.41. The fraction of sp³-hybridized carbons (Fsp3) is 0.600. The second-order valence-electron chi connectivity index (χ2n) is 7.10. The van der Waals surface area contributed by atoms with Crippen molar-refractivity contribution in [2.24, 2.45) is 0 Å². The summed E-state index contributed by atoms with van der Waals surface area (Å²) in [7, 11) is 0. The maximum Gasteiger partial charge on any atom is 0.303 e. The van der Waals surface area contributed by atoms with Gasteiger partial charge in [0.1, 0.15) is 12.2 Å². The molecule has 0 saturated carbocycles. The van der Waals surface area contributed by atoms with Crippen LogP contribution in [0.15, 0.2) is 12.1 Å². The van der Waals surface area contributed by atoms with Crippen LogP contribution in [0.3, 0.4) is 0 Å². The lowest BCUT2D eigenvalue weighted by Gasteiger charge is -2.20. The summed E-state index contributed by atoms with van der Waals surface area (Å²) < 4.78 is 26.5. The minimum atomic E-state index is -1.23. The molecular formula is C20H25Cl3N2O5. The van der Waals surface area contributed by atoms with Gasteiger partial charge in [0.2, 0.25) is 5.28 Å². The van der Waals surface area contributed by atoms with Gasteiger partial charge < -0.3 is 19.3 Å². The van der Waals surface area contributed by atoms with Gasteiger partial charge in [-0.15, -0.1) is 0 Å². The van der Waals surface area contributed by atoms with Crippen LogP contribution in [-0.4, -0.2) is 52.2 Å². The zero-order valence-electron chi connectivity index (χ0n) is 17.7. The van der Waals surface area contributed by atoms with Gasteiger partial charge in [-0.2, -0.15) is 0 Å². The first-order valence-corrected chi connectivity index (χ1v) is 10.9. The normalized spacial score (nSPS) is 25.5. The molecule has 30 heavy (non-hydrogen) atoms. The number of fused-ring (bicyclic) bond motifs is 1. The molecule has 0 spiro atoms. The maximum atomic E-state index is 11.6. The monoisotopic (exact) mass is 479 g/mol. The molecule has 5 atom stereocenters. The quantitative estimate of drug-likeness (QED) is 0.520. The fourth-order valence-corrected chi connectivity index (χ4v) is 4.00. The van der Waals surface area contributed by atoms with Crippen molar-refractivity contribution in [2.45, 2.75) is 64.0 Å². The summed E-state index contributed by atoms with van der Waals surface area (Å²) in [5, 5.41) is 11.6. The second-order valence-corrected chi connectivity index (χ2v) is 8.26. The molecular weight excluding hydrogens is 455 g/mol. The number of hydrogen-bond acceptors (Lipinski definition) is 6. The minimum Gasteiger partial charge on any atom is -0.457 e. The molecule has 0 radical (unpaired) electrons. The molecule has 1 aliphatic heterocycles. The minimum absolute atomic E-state index is 0.0455. The topological polar surface area (TPSA) is 82.8 Å². The average Bonchev–Trinajstić information content (AvgIpc) is 3.16. The molecule has 1 saturated heterocycles. The molecule has 2 unspecified atom stereocenters. The highest BCUT2D eigenvalue weighted by molar-refractivity contribution is 6.42. The molecule has 1 aromatic heterocycles. The van der Waals surface area contributed by atoms with E-state index in [1.54, 1.807) is 12.1 Å². The van der Waals surface area contributed by atoms with Gasteiger partial charge in [0.15, 0.2) is 12.3 Å². The number of ether oxygens (including phenoxy) is 3. The van der Waals surface area contributed by atoms with E-state index in [1.165, 1.54) is 11.5 Å². The molecule has 3 rings (SSSR count). The Morgan fingerprint density at radius 1 is 1.33 bits per heavy atom.